The average molecular weight is 415 g/mol. The number of halogens is 2. The predicted molar refractivity (Wildman–Crippen MR) is 104 cm³/mol. The number of para-hydroxylation sites is 1. The van der Waals surface area contributed by atoms with Crippen molar-refractivity contribution in [2.75, 3.05) is 0 Å². The number of aliphatic imine (C=N–C) groups is 1. The highest BCUT2D eigenvalue weighted by molar-refractivity contribution is 9.10. The van der Waals surface area contributed by atoms with Crippen LogP contribution in [0.4, 0.5) is 0 Å². The molecule has 6 heteroatoms. The van der Waals surface area contributed by atoms with Crippen LogP contribution in [0.3, 0.4) is 0 Å². The molecule has 2 aromatic carbocycles. The largest absolute Gasteiger partial charge is 0.452 e. The van der Waals surface area contributed by atoms with Gasteiger partial charge in [-0.05, 0) is 24.3 Å². The molecule has 0 radical (unpaired) electrons. The van der Waals surface area contributed by atoms with Gasteiger partial charge in [-0.2, -0.15) is 4.99 Å². The lowest BCUT2D eigenvalue weighted by atomic mass is 10.0. The molecular weight excluding hydrogens is 402 g/mol. The Morgan fingerprint density at radius 2 is 1.84 bits per heavy atom. The maximum atomic E-state index is 6.40. The van der Waals surface area contributed by atoms with Gasteiger partial charge in [-0.1, -0.05) is 63.9 Å². The minimum atomic E-state index is -0.454. The first-order chi connectivity index (χ1) is 12.1. The Balaban J connectivity index is 1.82. The van der Waals surface area contributed by atoms with Crippen molar-refractivity contribution < 1.29 is 4.74 Å². The molecule has 0 saturated heterocycles. The van der Waals surface area contributed by atoms with Gasteiger partial charge in [0.05, 0.1) is 11.2 Å². The van der Waals surface area contributed by atoms with Crippen LogP contribution in [0.5, 0.6) is 0 Å². The van der Waals surface area contributed by atoms with Crippen LogP contribution in [0.1, 0.15) is 17.2 Å². The summed E-state index contributed by atoms with van der Waals surface area (Å²) in [5.74, 6) is 0. The molecule has 0 aliphatic carbocycles. The van der Waals surface area contributed by atoms with E-state index in [2.05, 4.69) is 25.9 Å². The molecule has 4 rings (SSSR count). The molecule has 0 spiro atoms. The van der Waals surface area contributed by atoms with Crippen molar-refractivity contribution in [2.24, 2.45) is 10.7 Å². The molecule has 2 N–H and O–H groups in total. The Hall–Kier alpha value is -2.37. The fourth-order valence-corrected chi connectivity index (χ4v) is 3.51. The summed E-state index contributed by atoms with van der Waals surface area (Å²) < 4.78 is 6.64. The first kappa shape index (κ1) is 16.1. The zero-order valence-corrected chi connectivity index (χ0v) is 15.3. The van der Waals surface area contributed by atoms with Gasteiger partial charge in [-0.3, -0.25) is 0 Å². The molecule has 4 nitrogen and oxygen atoms in total. The van der Waals surface area contributed by atoms with Gasteiger partial charge in [-0.25, -0.2) is 4.98 Å². The third kappa shape index (κ3) is 3.13. The zero-order chi connectivity index (χ0) is 17.4. The van der Waals surface area contributed by atoms with Crippen molar-refractivity contribution in [1.82, 2.24) is 4.98 Å². The van der Waals surface area contributed by atoms with Gasteiger partial charge in [0.15, 0.2) is 6.10 Å². The summed E-state index contributed by atoms with van der Waals surface area (Å²) in [5.41, 5.74) is 9.16. The minimum Gasteiger partial charge on any atom is -0.452 e. The van der Waals surface area contributed by atoms with Crippen LogP contribution in [0.2, 0.25) is 5.15 Å². The molecule has 0 bridgehead atoms. The molecule has 3 aromatic rings. The summed E-state index contributed by atoms with van der Waals surface area (Å²) >= 11 is 9.94. The van der Waals surface area contributed by atoms with E-state index in [1.807, 2.05) is 60.7 Å². The van der Waals surface area contributed by atoms with Gasteiger partial charge < -0.3 is 10.5 Å². The molecule has 2 heterocycles. The van der Waals surface area contributed by atoms with Crippen LogP contribution in [0, 0.1) is 0 Å². The quantitative estimate of drug-likeness (QED) is 0.595. The summed E-state index contributed by atoms with van der Waals surface area (Å²) in [6.07, 6.45) is 1.44. The predicted octanol–water partition coefficient (Wildman–Crippen LogP) is 5.08. The number of fused-ring (bicyclic) bond motifs is 1. The first-order valence-electron chi connectivity index (χ1n) is 7.64. The molecule has 0 saturated carbocycles. The number of ether oxygens (including phenoxy) is 1. The number of pyridine rings is 1. The van der Waals surface area contributed by atoms with E-state index in [0.29, 0.717) is 5.15 Å². The van der Waals surface area contributed by atoms with E-state index in [0.717, 1.165) is 32.2 Å². The monoisotopic (exact) mass is 413 g/mol. The summed E-state index contributed by atoms with van der Waals surface area (Å²) in [6, 6.07) is 17.7. The van der Waals surface area contributed by atoms with Gasteiger partial charge in [0, 0.05) is 21.0 Å². The van der Waals surface area contributed by atoms with Crippen LogP contribution >= 0.6 is 27.5 Å². The standard InChI is InChI=1S/C19H13BrClN3O/c20-14-7-3-2-6-12(14)16-10-17(25-19(22)24-16)13-9-11-5-1-4-8-15(11)23-18(13)21/h1-10,17H,(H2,22,24). The van der Waals surface area contributed by atoms with Crippen LogP contribution in [0.25, 0.3) is 16.6 Å². The van der Waals surface area contributed by atoms with Crippen LogP contribution in [-0.2, 0) is 4.74 Å². The maximum Gasteiger partial charge on any atom is 0.288 e. The first-order valence-corrected chi connectivity index (χ1v) is 8.81. The smallest absolute Gasteiger partial charge is 0.288 e. The highest BCUT2D eigenvalue weighted by atomic mass is 79.9. The molecule has 1 unspecified atom stereocenters. The minimum absolute atomic E-state index is 0.0995. The van der Waals surface area contributed by atoms with Crippen molar-refractivity contribution in [1.29, 1.82) is 0 Å². The van der Waals surface area contributed by atoms with E-state index < -0.39 is 6.10 Å². The van der Waals surface area contributed by atoms with Gasteiger partial charge in [-0.15, -0.1) is 0 Å². The van der Waals surface area contributed by atoms with Crippen molar-refractivity contribution >= 4 is 50.2 Å². The molecule has 1 aromatic heterocycles. The van der Waals surface area contributed by atoms with Crippen LogP contribution in [-0.4, -0.2) is 11.0 Å². The fourth-order valence-electron chi connectivity index (χ4n) is 2.77. The zero-order valence-electron chi connectivity index (χ0n) is 13.0. The summed E-state index contributed by atoms with van der Waals surface area (Å²) in [7, 11) is 0. The van der Waals surface area contributed by atoms with Gasteiger partial charge in [0.1, 0.15) is 5.15 Å². The topological polar surface area (TPSA) is 60.5 Å². The number of amidine groups is 1. The number of nitrogens with zero attached hydrogens (tertiary/aromatic N) is 2. The van der Waals surface area contributed by atoms with Crippen LogP contribution in [0.15, 0.2) is 70.1 Å². The van der Waals surface area contributed by atoms with E-state index in [1.165, 1.54) is 0 Å². The van der Waals surface area contributed by atoms with Crippen molar-refractivity contribution in [3.63, 3.8) is 0 Å². The lowest BCUT2D eigenvalue weighted by Crippen LogP contribution is -2.22. The second-order valence-electron chi connectivity index (χ2n) is 5.58. The highest BCUT2D eigenvalue weighted by Gasteiger charge is 2.23. The Bertz CT molecular complexity index is 1030. The normalized spacial score (nSPS) is 17.0. The summed E-state index contributed by atoms with van der Waals surface area (Å²) in [5, 5.41) is 1.38. The Kier molecular flexibility index (Phi) is 4.19. The summed E-state index contributed by atoms with van der Waals surface area (Å²) in [6.45, 7) is 0. The second-order valence-corrected chi connectivity index (χ2v) is 6.79. The lowest BCUT2D eigenvalue weighted by molar-refractivity contribution is 0.233. The Labute approximate surface area is 158 Å². The number of hydrogen-bond donors (Lipinski definition) is 1. The number of aromatic nitrogens is 1. The van der Waals surface area contributed by atoms with Crippen LogP contribution < -0.4 is 5.73 Å². The van der Waals surface area contributed by atoms with Crippen molar-refractivity contribution in [3.8, 4) is 0 Å². The van der Waals surface area contributed by atoms with Gasteiger partial charge >= 0.3 is 0 Å². The van der Waals surface area contributed by atoms with Gasteiger partial charge in [0.25, 0.3) is 6.02 Å². The summed E-state index contributed by atoms with van der Waals surface area (Å²) in [4.78, 5) is 8.78. The fraction of sp³-hybridized carbons (Fsp3) is 0.0526. The Morgan fingerprint density at radius 3 is 2.68 bits per heavy atom. The van der Waals surface area contributed by atoms with E-state index in [4.69, 9.17) is 22.1 Å². The molecule has 124 valence electrons. The number of rotatable bonds is 2. The molecule has 1 atom stereocenters. The molecule has 1 aliphatic rings. The molecule has 1 aliphatic heterocycles. The highest BCUT2D eigenvalue weighted by Crippen LogP contribution is 2.35. The van der Waals surface area contributed by atoms with E-state index >= 15 is 0 Å². The molecule has 0 fully saturated rings. The maximum absolute atomic E-state index is 6.40. The number of hydrogen-bond acceptors (Lipinski definition) is 4. The van der Waals surface area contributed by atoms with Gasteiger partial charge in [0.2, 0.25) is 0 Å². The lowest BCUT2D eigenvalue weighted by Gasteiger charge is -2.22. The average Bonchev–Trinajstić information content (AvgIpc) is 2.61. The molecule has 0 amide bonds. The molecule has 25 heavy (non-hydrogen) atoms. The SMILES string of the molecule is NC1=NC(c2ccccc2Br)=CC(c2cc3ccccc3nc2Cl)O1. The molecular formula is C19H13BrClN3O. The van der Waals surface area contributed by atoms with Crippen molar-refractivity contribution in [2.45, 2.75) is 6.10 Å². The second kappa shape index (κ2) is 6.50. The van der Waals surface area contributed by atoms with Crippen molar-refractivity contribution in [3.05, 3.63) is 81.4 Å². The van der Waals surface area contributed by atoms with E-state index in [1.54, 1.807) is 0 Å². The third-order valence-electron chi connectivity index (χ3n) is 3.95. The van der Waals surface area contributed by atoms with E-state index in [9.17, 15) is 0 Å². The number of nitrogens with two attached hydrogens (primary N) is 1. The third-order valence-corrected chi connectivity index (χ3v) is 4.94. The Morgan fingerprint density at radius 1 is 1.08 bits per heavy atom. The number of benzene rings is 2. The van der Waals surface area contributed by atoms with E-state index in [-0.39, 0.29) is 6.02 Å².